The van der Waals surface area contributed by atoms with Crippen molar-refractivity contribution in [3.8, 4) is 0 Å². The lowest BCUT2D eigenvalue weighted by Crippen LogP contribution is -2.36. The van der Waals surface area contributed by atoms with Crippen LogP contribution in [0.3, 0.4) is 0 Å². The minimum atomic E-state index is -0.487. The average Bonchev–Trinajstić information content (AvgIpc) is 3.07. The lowest BCUT2D eigenvalue weighted by atomic mass is 9.77. The highest BCUT2D eigenvalue weighted by molar-refractivity contribution is 5.24. The van der Waals surface area contributed by atoms with E-state index in [0.717, 1.165) is 141 Å². The van der Waals surface area contributed by atoms with Crippen LogP contribution < -0.4 is 10.6 Å². The summed E-state index contributed by atoms with van der Waals surface area (Å²) >= 11 is 0. The Balaban J connectivity index is 0.000000181. The van der Waals surface area contributed by atoms with Crippen molar-refractivity contribution in [2.45, 2.75) is 114 Å². The molecule has 4 nitrogen and oxygen atoms in total. The average molecular weight is 647 g/mol. The minimum absolute atomic E-state index is 0.260. The second kappa shape index (κ2) is 18.5. The van der Waals surface area contributed by atoms with Gasteiger partial charge in [-0.15, -0.1) is 0 Å². The number of benzene rings is 2. The van der Waals surface area contributed by atoms with E-state index in [1.165, 1.54) is 25.0 Å². The lowest BCUT2D eigenvalue weighted by Gasteiger charge is -2.30. The van der Waals surface area contributed by atoms with Crippen molar-refractivity contribution in [3.05, 3.63) is 70.8 Å². The highest BCUT2D eigenvalue weighted by Gasteiger charge is 2.26. The Labute approximate surface area is 273 Å². The van der Waals surface area contributed by atoms with E-state index in [1.807, 2.05) is 0 Å². The lowest BCUT2D eigenvalue weighted by molar-refractivity contribution is 0.0773. The van der Waals surface area contributed by atoms with Gasteiger partial charge in [0, 0.05) is 50.6 Å². The first-order valence-corrected chi connectivity index (χ1v) is 18.0. The number of nitrogens with one attached hydrogen (secondary N) is 2. The number of hydrogen-bond acceptors (Lipinski definition) is 4. The molecule has 2 N–H and O–H groups in total. The van der Waals surface area contributed by atoms with Gasteiger partial charge in [0.05, 0.1) is 0 Å². The van der Waals surface area contributed by atoms with E-state index in [2.05, 4.69) is 10.6 Å². The largest absolute Gasteiger partial charge is 0.381 e. The van der Waals surface area contributed by atoms with Crippen molar-refractivity contribution in [1.29, 1.82) is 0 Å². The molecule has 2 aliphatic carbocycles. The Morgan fingerprint density at radius 2 is 0.870 bits per heavy atom. The molecule has 2 aliphatic heterocycles. The van der Waals surface area contributed by atoms with Crippen LogP contribution in [-0.4, -0.2) is 51.6 Å². The molecule has 0 radical (unpaired) electrons. The Bertz CT molecular complexity index is 1080. The Morgan fingerprint density at radius 3 is 1.22 bits per heavy atom. The summed E-state index contributed by atoms with van der Waals surface area (Å²) in [5, 5.41) is 7.29. The summed E-state index contributed by atoms with van der Waals surface area (Å²) in [5.74, 6) is 0.261. The highest BCUT2D eigenvalue weighted by Crippen LogP contribution is 2.39. The van der Waals surface area contributed by atoms with Crippen molar-refractivity contribution >= 4 is 0 Å². The molecule has 0 amide bonds. The Hall–Kier alpha value is -2.00. The molecule has 46 heavy (non-hydrogen) atoms. The molecule has 4 aliphatic rings. The second-order valence-electron chi connectivity index (χ2n) is 14.0. The molecule has 6 rings (SSSR count). The zero-order valence-electron chi connectivity index (χ0n) is 27.4. The summed E-state index contributed by atoms with van der Waals surface area (Å²) in [4.78, 5) is 0. The highest BCUT2D eigenvalue weighted by atomic mass is 19.1. The molecule has 4 fully saturated rings. The van der Waals surface area contributed by atoms with Crippen LogP contribution >= 0.6 is 0 Å². The van der Waals surface area contributed by atoms with E-state index in [4.69, 9.17) is 9.47 Å². The zero-order chi connectivity index (χ0) is 32.1. The fraction of sp³-hybridized carbons (Fsp3) is 0.684. The summed E-state index contributed by atoms with van der Waals surface area (Å²) in [7, 11) is 0. The topological polar surface area (TPSA) is 42.5 Å². The maximum absolute atomic E-state index is 13.9. The van der Waals surface area contributed by atoms with Crippen LogP contribution in [0.4, 0.5) is 17.6 Å². The molecule has 8 heteroatoms. The number of ether oxygens (including phenoxy) is 2. The van der Waals surface area contributed by atoms with Gasteiger partial charge in [-0.3, -0.25) is 0 Å². The van der Waals surface area contributed by atoms with E-state index >= 15 is 0 Å². The molecule has 2 aromatic carbocycles. The molecule has 0 unspecified atom stereocenters. The van der Waals surface area contributed by atoms with Gasteiger partial charge in [-0.2, -0.15) is 0 Å². The van der Waals surface area contributed by atoms with E-state index in [0.29, 0.717) is 23.2 Å². The monoisotopic (exact) mass is 646 g/mol. The van der Waals surface area contributed by atoms with Crippen molar-refractivity contribution < 1.29 is 27.0 Å². The third-order valence-electron chi connectivity index (χ3n) is 10.9. The van der Waals surface area contributed by atoms with Gasteiger partial charge in [0.2, 0.25) is 0 Å². The predicted molar refractivity (Wildman–Crippen MR) is 175 cm³/mol. The van der Waals surface area contributed by atoms with Crippen LogP contribution in [0.5, 0.6) is 0 Å². The van der Waals surface area contributed by atoms with Gasteiger partial charge in [-0.25, -0.2) is 17.6 Å². The maximum atomic E-state index is 13.9. The zero-order valence-corrected chi connectivity index (χ0v) is 27.4. The van der Waals surface area contributed by atoms with E-state index < -0.39 is 11.6 Å². The molecule has 0 bridgehead atoms. The molecule has 2 aromatic rings. The Kier molecular flexibility index (Phi) is 14.2. The first-order chi connectivity index (χ1) is 22.4. The third-order valence-corrected chi connectivity index (χ3v) is 10.9. The van der Waals surface area contributed by atoms with E-state index in [-0.39, 0.29) is 23.5 Å². The second-order valence-corrected chi connectivity index (χ2v) is 14.0. The van der Waals surface area contributed by atoms with Gasteiger partial charge >= 0.3 is 0 Å². The first kappa shape index (κ1) is 35.3. The molecule has 0 spiro atoms. The Morgan fingerprint density at radius 1 is 0.500 bits per heavy atom. The summed E-state index contributed by atoms with van der Waals surface area (Å²) in [6, 6.07) is 9.27. The van der Waals surface area contributed by atoms with Gasteiger partial charge in [0.15, 0.2) is 0 Å². The molecular formula is C38H54F4N2O2. The van der Waals surface area contributed by atoms with Crippen molar-refractivity contribution in [2.24, 2.45) is 11.8 Å². The van der Waals surface area contributed by atoms with Gasteiger partial charge in [-0.05, 0) is 150 Å². The van der Waals surface area contributed by atoms with Crippen molar-refractivity contribution in [2.75, 3.05) is 39.5 Å². The van der Waals surface area contributed by atoms with Crippen LogP contribution in [0.2, 0.25) is 0 Å². The summed E-state index contributed by atoms with van der Waals surface area (Å²) in [6.07, 6.45) is 15.6. The smallest absolute Gasteiger partial charge is 0.129 e. The van der Waals surface area contributed by atoms with Crippen LogP contribution in [0.25, 0.3) is 0 Å². The molecular weight excluding hydrogens is 592 g/mol. The van der Waals surface area contributed by atoms with Crippen LogP contribution in [0, 0.1) is 35.1 Å². The van der Waals surface area contributed by atoms with E-state index in [9.17, 15) is 17.6 Å². The predicted octanol–water partition coefficient (Wildman–Crippen LogP) is 8.79. The van der Waals surface area contributed by atoms with E-state index in [1.54, 1.807) is 12.1 Å². The van der Waals surface area contributed by atoms with Gasteiger partial charge in [0.1, 0.15) is 23.3 Å². The molecule has 2 heterocycles. The van der Waals surface area contributed by atoms with Crippen LogP contribution in [0.15, 0.2) is 36.4 Å². The normalized spacial score (nSPS) is 26.3. The summed E-state index contributed by atoms with van der Waals surface area (Å²) < 4.78 is 64.5. The standard InChI is InChI=1S/2C19H27F2NO/c2*20-16-5-6-18(19(21)13-16)15-3-1-14(2-4-15)7-10-22-17-8-11-23-12-9-17/h2*5-6,13-15,17,22H,1-4,7-12H2. The van der Waals surface area contributed by atoms with Gasteiger partial charge in [0.25, 0.3) is 0 Å². The molecule has 2 saturated carbocycles. The van der Waals surface area contributed by atoms with Crippen molar-refractivity contribution in [1.82, 2.24) is 10.6 Å². The fourth-order valence-corrected chi connectivity index (χ4v) is 7.98. The van der Waals surface area contributed by atoms with Gasteiger partial charge < -0.3 is 20.1 Å². The van der Waals surface area contributed by atoms with Gasteiger partial charge in [-0.1, -0.05) is 12.1 Å². The molecule has 0 atom stereocenters. The van der Waals surface area contributed by atoms with Crippen molar-refractivity contribution in [3.63, 3.8) is 0 Å². The quantitative estimate of drug-likeness (QED) is 0.253. The third kappa shape index (κ3) is 11.0. The number of halogens is 4. The molecule has 2 saturated heterocycles. The van der Waals surface area contributed by atoms with Crippen LogP contribution in [0.1, 0.15) is 113 Å². The SMILES string of the molecule is Fc1ccc(C2CCC(CCNC3CCOCC3)CC2)c(F)c1.Fc1ccc(C2CCC(CCNC3CCOCC3)CC2)c(F)c1. The summed E-state index contributed by atoms with van der Waals surface area (Å²) in [5.41, 5.74) is 1.40. The minimum Gasteiger partial charge on any atom is -0.381 e. The molecule has 256 valence electrons. The fourth-order valence-electron chi connectivity index (χ4n) is 7.98. The first-order valence-electron chi connectivity index (χ1n) is 18.0. The number of rotatable bonds is 10. The molecule has 0 aromatic heterocycles. The number of hydrogen-bond donors (Lipinski definition) is 2. The summed E-state index contributed by atoms with van der Waals surface area (Å²) in [6.45, 7) is 5.67. The van der Waals surface area contributed by atoms with Crippen LogP contribution in [-0.2, 0) is 9.47 Å². The maximum Gasteiger partial charge on any atom is 0.129 e.